The third-order valence-corrected chi connectivity index (χ3v) is 4.64. The molecule has 3 aromatic rings. The van der Waals surface area contributed by atoms with E-state index in [0.717, 1.165) is 6.26 Å². The van der Waals surface area contributed by atoms with Gasteiger partial charge in [0.05, 0.1) is 11.3 Å². The molecule has 0 aliphatic heterocycles. The fourth-order valence-electron chi connectivity index (χ4n) is 2.43. The van der Waals surface area contributed by atoms with Gasteiger partial charge in [0.1, 0.15) is 5.82 Å². The van der Waals surface area contributed by atoms with E-state index < -0.39 is 21.9 Å². The molecule has 0 aliphatic rings. The Bertz CT molecular complexity index is 1080. The Morgan fingerprint density at radius 1 is 1.11 bits per heavy atom. The van der Waals surface area contributed by atoms with E-state index in [0.29, 0.717) is 11.1 Å². The van der Waals surface area contributed by atoms with Crippen LogP contribution in [0.2, 0.25) is 0 Å². The summed E-state index contributed by atoms with van der Waals surface area (Å²) in [5, 5.41) is 7.74. The Labute approximate surface area is 161 Å². The zero-order valence-corrected chi connectivity index (χ0v) is 15.9. The van der Waals surface area contributed by atoms with Crippen LogP contribution in [-0.4, -0.2) is 30.8 Å². The molecular formula is C19H17FN2O5S. The van der Waals surface area contributed by atoms with E-state index in [1.807, 2.05) is 0 Å². The second kappa shape index (κ2) is 7.89. The van der Waals surface area contributed by atoms with Crippen molar-refractivity contribution >= 4 is 15.8 Å². The molecule has 0 saturated heterocycles. The van der Waals surface area contributed by atoms with E-state index in [9.17, 15) is 17.6 Å². The predicted octanol–water partition coefficient (Wildman–Crippen LogP) is 3.34. The van der Waals surface area contributed by atoms with E-state index in [1.54, 1.807) is 19.1 Å². The van der Waals surface area contributed by atoms with Crippen molar-refractivity contribution in [3.63, 3.8) is 0 Å². The number of halogens is 1. The number of carbonyl (C=O) groups excluding carboxylic acids is 1. The molecule has 3 rings (SSSR count). The fraction of sp³-hybridized carbons (Fsp3) is 0.211. The molecule has 2 aromatic carbocycles. The Kier molecular flexibility index (Phi) is 5.55. The highest BCUT2D eigenvalue weighted by Crippen LogP contribution is 2.23. The molecule has 0 fully saturated rings. The number of ether oxygens (including phenoxy) is 1. The first-order valence-corrected chi connectivity index (χ1v) is 10.3. The highest BCUT2D eigenvalue weighted by Gasteiger charge is 2.20. The first-order valence-electron chi connectivity index (χ1n) is 8.28. The van der Waals surface area contributed by atoms with Crippen molar-refractivity contribution in [2.24, 2.45) is 0 Å². The summed E-state index contributed by atoms with van der Waals surface area (Å²) >= 11 is 0. The number of aromatic nitrogens is 2. The number of rotatable bonds is 6. The number of sulfone groups is 1. The summed E-state index contributed by atoms with van der Waals surface area (Å²) in [6.07, 6.45) is 0.339. The molecule has 1 aromatic heterocycles. The zero-order valence-electron chi connectivity index (χ0n) is 15.1. The van der Waals surface area contributed by atoms with Crippen LogP contribution in [0.5, 0.6) is 0 Å². The molecule has 28 heavy (non-hydrogen) atoms. The minimum absolute atomic E-state index is 0.0985. The van der Waals surface area contributed by atoms with E-state index in [-0.39, 0.29) is 28.9 Å². The molecule has 0 bridgehead atoms. The lowest BCUT2D eigenvalue weighted by Crippen LogP contribution is -2.10. The molecule has 146 valence electrons. The molecule has 0 radical (unpaired) electrons. The van der Waals surface area contributed by atoms with Gasteiger partial charge in [-0.3, -0.25) is 0 Å². The van der Waals surface area contributed by atoms with Crippen molar-refractivity contribution in [2.45, 2.75) is 18.8 Å². The molecule has 0 spiro atoms. The Balaban J connectivity index is 1.66. The molecule has 0 saturated carbocycles. The molecule has 1 heterocycles. The topological polar surface area (TPSA) is 99.4 Å². The number of hydrogen-bond donors (Lipinski definition) is 0. The number of carbonyl (C=O) groups is 1. The van der Waals surface area contributed by atoms with Crippen LogP contribution in [0.4, 0.5) is 4.39 Å². The number of benzene rings is 2. The summed E-state index contributed by atoms with van der Waals surface area (Å²) in [5.41, 5.74) is 1.38. The molecule has 0 N–H and O–H groups in total. The van der Waals surface area contributed by atoms with Crippen LogP contribution in [0.15, 0.2) is 52.9 Å². The van der Waals surface area contributed by atoms with E-state index >= 15 is 0 Å². The summed E-state index contributed by atoms with van der Waals surface area (Å²) in [5.74, 6) is -0.815. The maximum absolute atomic E-state index is 13.0. The molecule has 1 atom stereocenters. The van der Waals surface area contributed by atoms with Crippen molar-refractivity contribution < 1.29 is 26.8 Å². The van der Waals surface area contributed by atoms with Crippen molar-refractivity contribution in [1.82, 2.24) is 10.2 Å². The Morgan fingerprint density at radius 3 is 2.36 bits per heavy atom. The molecular weight excluding hydrogens is 387 g/mol. The quantitative estimate of drug-likeness (QED) is 0.581. The lowest BCUT2D eigenvalue weighted by Gasteiger charge is -2.09. The van der Waals surface area contributed by atoms with Gasteiger partial charge in [0.25, 0.3) is 5.89 Å². The normalized spacial score (nSPS) is 12.5. The van der Waals surface area contributed by atoms with E-state index in [2.05, 4.69) is 10.2 Å². The van der Waals surface area contributed by atoms with E-state index in [4.69, 9.17) is 9.15 Å². The van der Waals surface area contributed by atoms with Crippen molar-refractivity contribution in [1.29, 1.82) is 0 Å². The largest absolute Gasteiger partial charge is 0.449 e. The van der Waals surface area contributed by atoms with Crippen LogP contribution >= 0.6 is 0 Å². The van der Waals surface area contributed by atoms with Gasteiger partial charge in [-0.1, -0.05) is 12.1 Å². The van der Waals surface area contributed by atoms with Crippen LogP contribution in [0.3, 0.4) is 0 Å². The third kappa shape index (κ3) is 5.01. The van der Waals surface area contributed by atoms with Gasteiger partial charge in [0, 0.05) is 11.8 Å². The molecule has 7 nitrogen and oxygen atoms in total. The van der Waals surface area contributed by atoms with Gasteiger partial charge in [0.2, 0.25) is 5.89 Å². The summed E-state index contributed by atoms with van der Waals surface area (Å²) in [4.78, 5) is 12.3. The summed E-state index contributed by atoms with van der Waals surface area (Å²) < 4.78 is 46.4. The molecule has 0 unspecified atom stereocenters. The lowest BCUT2D eigenvalue weighted by molar-refractivity contribution is 0.0280. The maximum atomic E-state index is 13.0. The highest BCUT2D eigenvalue weighted by molar-refractivity contribution is 7.89. The van der Waals surface area contributed by atoms with Crippen molar-refractivity contribution in [2.75, 3.05) is 6.26 Å². The smallest absolute Gasteiger partial charge is 0.338 e. The van der Waals surface area contributed by atoms with Gasteiger partial charge in [-0.2, -0.15) is 0 Å². The van der Waals surface area contributed by atoms with Gasteiger partial charge in [0.15, 0.2) is 15.9 Å². The lowest BCUT2D eigenvalue weighted by atomic mass is 10.1. The van der Waals surface area contributed by atoms with Gasteiger partial charge in [-0.15, -0.1) is 10.2 Å². The summed E-state index contributed by atoms with van der Waals surface area (Å²) in [6.45, 7) is 1.58. The fourth-order valence-corrected chi connectivity index (χ4v) is 3.22. The molecule has 9 heteroatoms. The second-order valence-electron chi connectivity index (χ2n) is 6.27. The third-order valence-electron chi connectivity index (χ3n) is 3.78. The SMILES string of the molecule is C[C@H](OC(=O)c1ccc(CS(C)(=O)=O)cc1)c1nnc(-c2ccc(F)cc2)o1. The highest BCUT2D eigenvalue weighted by atomic mass is 32.2. The minimum Gasteiger partial charge on any atom is -0.449 e. The average Bonchev–Trinajstić information content (AvgIpc) is 3.12. The zero-order chi connectivity index (χ0) is 20.3. The first kappa shape index (κ1) is 19.7. The van der Waals surface area contributed by atoms with Gasteiger partial charge >= 0.3 is 5.97 Å². The van der Waals surface area contributed by atoms with E-state index in [1.165, 1.54) is 36.4 Å². The molecule has 0 aliphatic carbocycles. The monoisotopic (exact) mass is 404 g/mol. The predicted molar refractivity (Wildman–Crippen MR) is 98.5 cm³/mol. The second-order valence-corrected chi connectivity index (χ2v) is 8.41. The maximum Gasteiger partial charge on any atom is 0.338 e. The molecule has 0 amide bonds. The van der Waals surface area contributed by atoms with Gasteiger partial charge in [-0.05, 0) is 48.9 Å². The van der Waals surface area contributed by atoms with Crippen LogP contribution in [0.1, 0.15) is 34.8 Å². The van der Waals surface area contributed by atoms with Crippen LogP contribution in [-0.2, 0) is 20.3 Å². The standard InChI is InChI=1S/C19H17FN2O5S/c1-12(17-21-22-18(27-17)14-7-9-16(20)10-8-14)26-19(23)15-5-3-13(4-6-15)11-28(2,24)25/h3-10,12H,11H2,1-2H3/t12-/m0/s1. The Hall–Kier alpha value is -3.07. The van der Waals surface area contributed by atoms with Gasteiger partial charge < -0.3 is 9.15 Å². The minimum atomic E-state index is -3.15. The number of hydrogen-bond acceptors (Lipinski definition) is 7. The number of esters is 1. The first-order chi connectivity index (χ1) is 13.2. The Morgan fingerprint density at radius 2 is 1.75 bits per heavy atom. The average molecular weight is 404 g/mol. The van der Waals surface area contributed by atoms with Crippen molar-refractivity contribution in [3.8, 4) is 11.5 Å². The van der Waals surface area contributed by atoms with Crippen molar-refractivity contribution in [3.05, 3.63) is 71.4 Å². The van der Waals surface area contributed by atoms with Gasteiger partial charge in [-0.25, -0.2) is 17.6 Å². The van der Waals surface area contributed by atoms with Crippen LogP contribution in [0, 0.1) is 5.82 Å². The summed E-state index contributed by atoms with van der Waals surface area (Å²) in [7, 11) is -3.15. The van der Waals surface area contributed by atoms with Crippen LogP contribution < -0.4 is 0 Å². The van der Waals surface area contributed by atoms with Crippen LogP contribution in [0.25, 0.3) is 11.5 Å². The number of nitrogens with zero attached hydrogens (tertiary/aromatic N) is 2. The summed E-state index contributed by atoms with van der Waals surface area (Å²) in [6, 6.07) is 11.7.